The molecule has 10 heavy (non-hydrogen) atoms. The van der Waals surface area contributed by atoms with E-state index in [1.165, 1.54) is 0 Å². The van der Waals surface area contributed by atoms with E-state index in [0.29, 0.717) is 5.02 Å². The Balaban J connectivity index is 0.000000810. The molecule has 1 rings (SSSR count). The van der Waals surface area contributed by atoms with Crippen molar-refractivity contribution in [3.63, 3.8) is 0 Å². The van der Waals surface area contributed by atoms with Crippen LogP contribution < -0.4 is 0 Å². The maximum atomic E-state index is 5.64. The molecule has 0 atom stereocenters. The van der Waals surface area contributed by atoms with E-state index in [1.807, 2.05) is 6.07 Å². The molecule has 0 unspecified atom stereocenters. The summed E-state index contributed by atoms with van der Waals surface area (Å²) >= 11 is 8.93. The van der Waals surface area contributed by atoms with E-state index in [9.17, 15) is 0 Å². The normalized spacial score (nSPS) is 8.60. The summed E-state index contributed by atoms with van der Waals surface area (Å²) in [7, 11) is 0. The molecule has 0 bridgehead atoms. The Morgan fingerprint density at radius 2 is 2.20 bits per heavy atom. The van der Waals surface area contributed by atoms with Crippen LogP contribution in [0.4, 0.5) is 0 Å². The lowest BCUT2D eigenvalue weighted by Crippen LogP contribution is -1.78. The Morgan fingerprint density at radius 3 is 2.60 bits per heavy atom. The van der Waals surface area contributed by atoms with Gasteiger partial charge in [-0.15, -0.1) is 17.0 Å². The van der Waals surface area contributed by atoms with Gasteiger partial charge in [-0.25, -0.2) is 0 Å². The molecular formula is C6H6Br2ClN. The Kier molecular flexibility index (Phi) is 5.31. The Morgan fingerprint density at radius 1 is 1.50 bits per heavy atom. The minimum Gasteiger partial charge on any atom is -0.263 e. The van der Waals surface area contributed by atoms with E-state index in [1.54, 1.807) is 12.4 Å². The summed E-state index contributed by atoms with van der Waals surface area (Å²) in [5, 5.41) is 1.49. The number of alkyl halides is 1. The first-order valence-electron chi connectivity index (χ1n) is 2.48. The fourth-order valence-corrected chi connectivity index (χ4v) is 1.03. The van der Waals surface area contributed by atoms with Gasteiger partial charge >= 0.3 is 0 Å². The largest absolute Gasteiger partial charge is 0.263 e. The first-order chi connectivity index (χ1) is 4.33. The van der Waals surface area contributed by atoms with Crippen molar-refractivity contribution in [1.29, 1.82) is 0 Å². The molecule has 1 heterocycles. The van der Waals surface area contributed by atoms with E-state index in [4.69, 9.17) is 11.6 Å². The fraction of sp³-hybridized carbons (Fsp3) is 0.167. The molecule has 0 radical (unpaired) electrons. The van der Waals surface area contributed by atoms with E-state index < -0.39 is 0 Å². The molecule has 0 fully saturated rings. The molecule has 56 valence electrons. The van der Waals surface area contributed by atoms with Crippen molar-refractivity contribution < 1.29 is 0 Å². The van der Waals surface area contributed by atoms with Crippen molar-refractivity contribution >= 4 is 44.5 Å². The van der Waals surface area contributed by atoms with Crippen LogP contribution in [0.1, 0.15) is 5.56 Å². The van der Waals surface area contributed by atoms with E-state index >= 15 is 0 Å². The number of halogens is 3. The van der Waals surface area contributed by atoms with E-state index in [-0.39, 0.29) is 17.0 Å². The number of hydrogen-bond acceptors (Lipinski definition) is 1. The third-order valence-electron chi connectivity index (χ3n) is 0.916. The Hall–Kier alpha value is 0.400. The highest BCUT2D eigenvalue weighted by Gasteiger charge is 1.89. The van der Waals surface area contributed by atoms with Gasteiger partial charge in [0.15, 0.2) is 0 Å². The lowest BCUT2D eigenvalue weighted by molar-refractivity contribution is 1.26. The maximum Gasteiger partial charge on any atom is 0.0592 e. The van der Waals surface area contributed by atoms with Crippen LogP contribution in [0.2, 0.25) is 5.02 Å². The van der Waals surface area contributed by atoms with Crippen molar-refractivity contribution in [2.24, 2.45) is 0 Å². The van der Waals surface area contributed by atoms with Crippen LogP contribution in [-0.4, -0.2) is 4.98 Å². The van der Waals surface area contributed by atoms with Gasteiger partial charge in [-0.3, -0.25) is 4.98 Å². The van der Waals surface area contributed by atoms with Crippen LogP contribution in [0.25, 0.3) is 0 Å². The van der Waals surface area contributed by atoms with Gasteiger partial charge < -0.3 is 0 Å². The van der Waals surface area contributed by atoms with Crippen molar-refractivity contribution in [1.82, 2.24) is 4.98 Å². The van der Waals surface area contributed by atoms with Gasteiger partial charge in [-0.2, -0.15) is 0 Å². The Labute approximate surface area is 83.7 Å². The maximum absolute atomic E-state index is 5.64. The molecule has 1 aromatic heterocycles. The van der Waals surface area contributed by atoms with Crippen LogP contribution in [0.3, 0.4) is 0 Å². The molecule has 0 saturated carbocycles. The van der Waals surface area contributed by atoms with Crippen molar-refractivity contribution in [2.45, 2.75) is 5.33 Å². The molecule has 0 aliphatic rings. The quantitative estimate of drug-likeness (QED) is 0.723. The van der Waals surface area contributed by atoms with Crippen LogP contribution in [0.15, 0.2) is 18.5 Å². The van der Waals surface area contributed by atoms with E-state index in [0.717, 1.165) is 10.9 Å². The first-order valence-corrected chi connectivity index (χ1v) is 3.98. The van der Waals surface area contributed by atoms with Gasteiger partial charge in [0.1, 0.15) is 0 Å². The summed E-state index contributed by atoms with van der Waals surface area (Å²) in [6.07, 6.45) is 3.40. The smallest absolute Gasteiger partial charge is 0.0592 e. The number of aromatic nitrogens is 1. The van der Waals surface area contributed by atoms with Crippen LogP contribution >= 0.6 is 44.5 Å². The molecule has 1 aromatic rings. The Bertz CT molecular complexity index is 205. The lowest BCUT2D eigenvalue weighted by atomic mass is 10.3. The topological polar surface area (TPSA) is 12.9 Å². The molecule has 1 nitrogen and oxygen atoms in total. The van der Waals surface area contributed by atoms with Gasteiger partial charge in [0.25, 0.3) is 0 Å². The van der Waals surface area contributed by atoms with Gasteiger partial charge in [-0.05, 0) is 11.6 Å². The lowest BCUT2D eigenvalue weighted by Gasteiger charge is -1.91. The average Bonchev–Trinajstić information content (AvgIpc) is 1.88. The highest BCUT2D eigenvalue weighted by atomic mass is 79.9. The molecule has 0 aromatic carbocycles. The number of nitrogens with zero attached hydrogens (tertiary/aromatic N) is 1. The fourth-order valence-electron chi connectivity index (χ4n) is 0.529. The van der Waals surface area contributed by atoms with Crippen molar-refractivity contribution in [2.75, 3.05) is 0 Å². The number of pyridine rings is 1. The molecule has 0 aliphatic carbocycles. The second-order valence-electron chi connectivity index (χ2n) is 1.65. The highest BCUT2D eigenvalue weighted by molar-refractivity contribution is 9.08. The molecular weight excluding hydrogens is 281 g/mol. The molecule has 4 heteroatoms. The minimum atomic E-state index is 0. The van der Waals surface area contributed by atoms with Crippen LogP contribution in [-0.2, 0) is 5.33 Å². The predicted octanol–water partition coefficient (Wildman–Crippen LogP) is 3.21. The summed E-state index contributed by atoms with van der Waals surface area (Å²) in [5.41, 5.74) is 1.10. The predicted molar refractivity (Wildman–Crippen MR) is 52.2 cm³/mol. The van der Waals surface area contributed by atoms with Crippen molar-refractivity contribution in [3.05, 3.63) is 29.0 Å². The zero-order valence-electron chi connectivity index (χ0n) is 5.05. The van der Waals surface area contributed by atoms with E-state index in [2.05, 4.69) is 20.9 Å². The van der Waals surface area contributed by atoms with Gasteiger partial charge in [0.05, 0.1) is 5.02 Å². The summed E-state index contributed by atoms with van der Waals surface area (Å²) in [5.74, 6) is 0. The third-order valence-corrected chi connectivity index (χ3v) is 1.77. The van der Waals surface area contributed by atoms with Gasteiger partial charge in [0, 0.05) is 17.7 Å². The molecule has 0 aliphatic heterocycles. The highest BCUT2D eigenvalue weighted by Crippen LogP contribution is 2.10. The first kappa shape index (κ1) is 10.4. The van der Waals surface area contributed by atoms with Gasteiger partial charge in [0.2, 0.25) is 0 Å². The monoisotopic (exact) mass is 285 g/mol. The summed E-state index contributed by atoms with van der Waals surface area (Å²) in [6, 6.07) is 1.88. The molecule has 0 amide bonds. The van der Waals surface area contributed by atoms with Gasteiger partial charge in [-0.1, -0.05) is 27.5 Å². The third kappa shape index (κ3) is 2.99. The summed E-state index contributed by atoms with van der Waals surface area (Å²) < 4.78 is 0. The van der Waals surface area contributed by atoms with Crippen molar-refractivity contribution in [3.8, 4) is 0 Å². The number of rotatable bonds is 1. The zero-order valence-corrected chi connectivity index (χ0v) is 9.11. The SMILES string of the molecule is Br.Clc1cncc(CBr)c1. The second kappa shape index (κ2) is 5.10. The molecule has 0 saturated heterocycles. The summed E-state index contributed by atoms with van der Waals surface area (Å²) in [6.45, 7) is 0. The second-order valence-corrected chi connectivity index (χ2v) is 2.64. The van der Waals surface area contributed by atoms with Crippen LogP contribution in [0.5, 0.6) is 0 Å². The zero-order chi connectivity index (χ0) is 6.69. The molecule has 0 N–H and O–H groups in total. The average molecular weight is 287 g/mol. The molecule has 0 spiro atoms. The minimum absolute atomic E-state index is 0. The van der Waals surface area contributed by atoms with Crippen LogP contribution in [0, 0.1) is 0 Å². The standard InChI is InChI=1S/C6H5BrClN.BrH/c7-2-5-1-6(8)4-9-3-5;/h1,3-4H,2H2;1H. The number of hydrogen-bond donors (Lipinski definition) is 0. The summed E-state index contributed by atoms with van der Waals surface area (Å²) in [4.78, 5) is 3.89.